The van der Waals surface area contributed by atoms with Crippen molar-refractivity contribution in [2.24, 2.45) is 10.9 Å². The molecule has 1 aliphatic heterocycles. The van der Waals surface area contributed by atoms with E-state index in [4.69, 9.17) is 9.73 Å². The molecule has 24 heavy (non-hydrogen) atoms. The molecule has 2 rings (SSSR count). The van der Waals surface area contributed by atoms with Crippen molar-refractivity contribution >= 4 is 23.4 Å². The van der Waals surface area contributed by atoms with E-state index >= 15 is 0 Å². The molecule has 1 atom stereocenters. The average Bonchev–Trinajstić information content (AvgIpc) is 3.09. The van der Waals surface area contributed by atoms with Gasteiger partial charge in [0.2, 0.25) is 0 Å². The van der Waals surface area contributed by atoms with E-state index in [9.17, 15) is 0 Å². The number of rotatable bonds is 8. The molecule has 0 radical (unpaired) electrons. The number of nitrogens with zero attached hydrogens (tertiary/aromatic N) is 2. The summed E-state index contributed by atoms with van der Waals surface area (Å²) in [5, 5.41) is 6.71. The van der Waals surface area contributed by atoms with Gasteiger partial charge < -0.3 is 20.3 Å². The molecular weight excluding hydrogens is 320 g/mol. The molecule has 1 aromatic rings. The zero-order chi connectivity index (χ0) is 17.2. The fraction of sp³-hybridized carbons (Fsp3) is 0.611. The molecule has 2 N–H and O–H groups in total. The van der Waals surface area contributed by atoms with Crippen molar-refractivity contribution in [1.82, 2.24) is 10.6 Å². The van der Waals surface area contributed by atoms with E-state index in [1.165, 1.54) is 12.1 Å². The highest BCUT2D eigenvalue weighted by Crippen LogP contribution is 2.26. The molecule has 0 aromatic heterocycles. The summed E-state index contributed by atoms with van der Waals surface area (Å²) in [6, 6.07) is 8.31. The molecule has 0 spiro atoms. The molecule has 0 aliphatic carbocycles. The Kier molecular flexibility index (Phi) is 8.08. The van der Waals surface area contributed by atoms with Crippen LogP contribution in [-0.2, 0) is 0 Å². The molecule has 1 saturated heterocycles. The highest BCUT2D eigenvalue weighted by atomic mass is 32.2. The van der Waals surface area contributed by atoms with Crippen LogP contribution >= 0.6 is 11.8 Å². The topological polar surface area (TPSA) is 48.9 Å². The van der Waals surface area contributed by atoms with Crippen molar-refractivity contribution in [3.8, 4) is 5.75 Å². The summed E-state index contributed by atoms with van der Waals surface area (Å²) in [6.07, 6.45) is 3.31. The summed E-state index contributed by atoms with van der Waals surface area (Å²) in [7, 11) is 1.72. The number of ether oxygens (including phenoxy) is 1. The fourth-order valence-corrected chi connectivity index (χ4v) is 3.16. The third-order valence-corrected chi connectivity index (χ3v) is 4.77. The molecule has 0 saturated carbocycles. The van der Waals surface area contributed by atoms with Gasteiger partial charge in [0, 0.05) is 50.2 Å². The second-order valence-electron chi connectivity index (χ2n) is 5.94. The van der Waals surface area contributed by atoms with Crippen molar-refractivity contribution < 1.29 is 4.74 Å². The molecule has 1 aromatic carbocycles. The van der Waals surface area contributed by atoms with Gasteiger partial charge in [0.05, 0.1) is 7.11 Å². The summed E-state index contributed by atoms with van der Waals surface area (Å²) in [5.74, 6) is 3.55. The van der Waals surface area contributed by atoms with E-state index < -0.39 is 0 Å². The number of thioether (sulfide) groups is 1. The van der Waals surface area contributed by atoms with Crippen LogP contribution in [0.4, 0.5) is 5.69 Å². The van der Waals surface area contributed by atoms with Gasteiger partial charge in [-0.1, -0.05) is 6.07 Å². The van der Waals surface area contributed by atoms with Crippen LogP contribution in [0, 0.1) is 5.92 Å². The fourth-order valence-electron chi connectivity index (χ4n) is 2.86. The lowest BCUT2D eigenvalue weighted by Gasteiger charge is -2.19. The minimum atomic E-state index is 0.604. The first-order chi connectivity index (χ1) is 11.8. The van der Waals surface area contributed by atoms with Gasteiger partial charge >= 0.3 is 0 Å². The first kappa shape index (κ1) is 18.8. The number of aliphatic imine (C=N–C) groups is 1. The van der Waals surface area contributed by atoms with Gasteiger partial charge in [0.25, 0.3) is 0 Å². The lowest BCUT2D eigenvalue weighted by Crippen LogP contribution is -2.38. The maximum absolute atomic E-state index is 5.33. The second kappa shape index (κ2) is 10.3. The van der Waals surface area contributed by atoms with E-state index in [0.717, 1.165) is 50.2 Å². The highest BCUT2D eigenvalue weighted by molar-refractivity contribution is 7.98. The number of methoxy groups -OCH3 is 1. The Morgan fingerprint density at radius 1 is 1.42 bits per heavy atom. The first-order valence-corrected chi connectivity index (χ1v) is 10.1. The monoisotopic (exact) mass is 350 g/mol. The lowest BCUT2D eigenvalue weighted by molar-refractivity contribution is 0.415. The van der Waals surface area contributed by atoms with Crippen LogP contribution in [0.1, 0.15) is 13.3 Å². The van der Waals surface area contributed by atoms with Crippen LogP contribution in [0.15, 0.2) is 29.3 Å². The molecule has 1 heterocycles. The third kappa shape index (κ3) is 5.82. The van der Waals surface area contributed by atoms with E-state index in [2.05, 4.69) is 46.9 Å². The molecule has 0 bridgehead atoms. The zero-order valence-electron chi connectivity index (χ0n) is 15.0. The number of guanidine groups is 1. The zero-order valence-corrected chi connectivity index (χ0v) is 15.9. The minimum absolute atomic E-state index is 0.604. The van der Waals surface area contributed by atoms with Crippen LogP contribution in [-0.4, -0.2) is 57.8 Å². The van der Waals surface area contributed by atoms with E-state index in [0.29, 0.717) is 5.92 Å². The SMILES string of the molecule is CCNC(=NCC1CCN(c2cccc(OC)c2)C1)NCCSC. The summed E-state index contributed by atoms with van der Waals surface area (Å²) in [6.45, 7) is 6.96. The third-order valence-electron chi connectivity index (χ3n) is 4.15. The maximum atomic E-state index is 5.33. The van der Waals surface area contributed by atoms with Crippen molar-refractivity contribution in [3.05, 3.63) is 24.3 Å². The number of nitrogens with one attached hydrogen (secondary N) is 2. The predicted octanol–water partition coefficient (Wildman–Crippen LogP) is 2.44. The van der Waals surface area contributed by atoms with Crippen LogP contribution in [0.3, 0.4) is 0 Å². The quantitative estimate of drug-likeness (QED) is 0.428. The van der Waals surface area contributed by atoms with Crippen LogP contribution in [0.5, 0.6) is 5.75 Å². The van der Waals surface area contributed by atoms with Gasteiger partial charge in [-0.05, 0) is 37.7 Å². The molecule has 5 nitrogen and oxygen atoms in total. The number of hydrogen-bond donors (Lipinski definition) is 2. The van der Waals surface area contributed by atoms with Gasteiger partial charge in [-0.25, -0.2) is 0 Å². The van der Waals surface area contributed by atoms with Crippen molar-refractivity contribution in [2.75, 3.05) is 56.7 Å². The molecular formula is C18H30N4OS. The largest absolute Gasteiger partial charge is 0.497 e. The Bertz CT molecular complexity index is 523. The smallest absolute Gasteiger partial charge is 0.191 e. The maximum Gasteiger partial charge on any atom is 0.191 e. The van der Waals surface area contributed by atoms with Crippen molar-refractivity contribution in [1.29, 1.82) is 0 Å². The lowest BCUT2D eigenvalue weighted by atomic mass is 10.1. The standard InChI is InChI=1S/C18H30N4OS/c1-4-19-18(20-9-11-24-3)21-13-15-8-10-22(14-15)16-6-5-7-17(12-16)23-2/h5-7,12,15H,4,8-11,13-14H2,1-3H3,(H2,19,20,21). The van der Waals surface area contributed by atoms with Crippen LogP contribution in [0.25, 0.3) is 0 Å². The first-order valence-electron chi connectivity index (χ1n) is 8.67. The summed E-state index contributed by atoms with van der Waals surface area (Å²) < 4.78 is 5.33. The molecule has 134 valence electrons. The Morgan fingerprint density at radius 2 is 2.29 bits per heavy atom. The van der Waals surface area contributed by atoms with Crippen molar-refractivity contribution in [3.63, 3.8) is 0 Å². The Morgan fingerprint density at radius 3 is 3.04 bits per heavy atom. The van der Waals surface area contributed by atoms with Crippen molar-refractivity contribution in [2.45, 2.75) is 13.3 Å². The van der Waals surface area contributed by atoms with Gasteiger partial charge in [-0.15, -0.1) is 0 Å². The molecule has 1 unspecified atom stereocenters. The van der Waals surface area contributed by atoms with Gasteiger partial charge in [0.1, 0.15) is 5.75 Å². The van der Waals surface area contributed by atoms with Gasteiger partial charge in [-0.2, -0.15) is 11.8 Å². The summed E-state index contributed by atoms with van der Waals surface area (Å²) in [4.78, 5) is 7.19. The molecule has 6 heteroatoms. The van der Waals surface area contributed by atoms with E-state index in [1.54, 1.807) is 7.11 Å². The second-order valence-corrected chi connectivity index (χ2v) is 6.93. The molecule has 1 aliphatic rings. The minimum Gasteiger partial charge on any atom is -0.497 e. The van der Waals surface area contributed by atoms with E-state index in [-0.39, 0.29) is 0 Å². The Hall–Kier alpha value is -1.56. The summed E-state index contributed by atoms with van der Waals surface area (Å²) >= 11 is 1.84. The van der Waals surface area contributed by atoms with Gasteiger partial charge in [-0.3, -0.25) is 4.99 Å². The molecule has 0 amide bonds. The van der Waals surface area contributed by atoms with E-state index in [1.807, 2.05) is 17.8 Å². The number of hydrogen-bond acceptors (Lipinski definition) is 4. The summed E-state index contributed by atoms with van der Waals surface area (Å²) in [5.41, 5.74) is 1.24. The highest BCUT2D eigenvalue weighted by Gasteiger charge is 2.22. The number of anilines is 1. The number of benzene rings is 1. The molecule has 1 fully saturated rings. The van der Waals surface area contributed by atoms with Crippen LogP contribution < -0.4 is 20.3 Å². The Labute approximate surface area is 150 Å². The normalized spacial score (nSPS) is 17.9. The van der Waals surface area contributed by atoms with Crippen LogP contribution in [0.2, 0.25) is 0 Å². The predicted molar refractivity (Wildman–Crippen MR) is 106 cm³/mol. The Balaban J connectivity index is 1.86. The average molecular weight is 351 g/mol. The van der Waals surface area contributed by atoms with Gasteiger partial charge in [0.15, 0.2) is 5.96 Å².